The van der Waals surface area contributed by atoms with Crippen LogP contribution in [0, 0.1) is 11.8 Å². The normalized spacial score (nSPS) is 27.5. The third kappa shape index (κ3) is 5.41. The highest BCUT2D eigenvalue weighted by Crippen LogP contribution is 2.38. The van der Waals surface area contributed by atoms with E-state index in [0.717, 1.165) is 41.8 Å². The van der Waals surface area contributed by atoms with Gasteiger partial charge in [-0.25, -0.2) is 4.79 Å². The van der Waals surface area contributed by atoms with Crippen LogP contribution >= 0.6 is 0 Å². The number of likely N-dealkylation sites (tertiary alicyclic amines) is 1. The fourth-order valence-electron chi connectivity index (χ4n) is 6.82. The van der Waals surface area contributed by atoms with Crippen molar-refractivity contribution >= 4 is 6.03 Å². The smallest absolute Gasteiger partial charge is 0.315 e. The Bertz CT molecular complexity index is 919. The summed E-state index contributed by atoms with van der Waals surface area (Å²) in [5.74, 6) is 1.76. The zero-order chi connectivity index (χ0) is 24.3. The van der Waals surface area contributed by atoms with Gasteiger partial charge in [-0.1, -0.05) is 60.7 Å². The summed E-state index contributed by atoms with van der Waals surface area (Å²) >= 11 is 0. The standard InChI is InChI=1S/C30H41N3O2/c1-22(30(35,25-8-4-2-5-9-25)26-10-6-3-7-11-26)31-29(34)32-27-15-12-23(13-16-27)18-19-33-21-24-14-17-28(33)20-24/h2-11,22-24,27-28,35H,12-21H2,1H3,(H2,31,32,34)/t22-,23-,24-,27-,28+/m0/s1. The van der Waals surface area contributed by atoms with Gasteiger partial charge in [-0.2, -0.15) is 0 Å². The van der Waals surface area contributed by atoms with Crippen molar-refractivity contribution in [1.29, 1.82) is 0 Å². The Balaban J connectivity index is 1.12. The zero-order valence-electron chi connectivity index (χ0n) is 21.0. The molecule has 3 atom stereocenters. The Hall–Kier alpha value is -2.37. The molecule has 1 saturated heterocycles. The van der Waals surface area contributed by atoms with Crippen LogP contribution in [0.3, 0.4) is 0 Å². The molecule has 0 spiro atoms. The lowest BCUT2D eigenvalue weighted by Gasteiger charge is -2.36. The van der Waals surface area contributed by atoms with E-state index >= 15 is 0 Å². The van der Waals surface area contributed by atoms with Crippen molar-refractivity contribution in [3.8, 4) is 0 Å². The van der Waals surface area contributed by atoms with Crippen molar-refractivity contribution in [2.45, 2.75) is 82.0 Å². The number of hydrogen-bond acceptors (Lipinski definition) is 3. The van der Waals surface area contributed by atoms with Gasteiger partial charge in [-0.3, -0.25) is 0 Å². The van der Waals surface area contributed by atoms with Gasteiger partial charge >= 0.3 is 6.03 Å². The molecule has 0 unspecified atom stereocenters. The molecule has 35 heavy (non-hydrogen) atoms. The van der Waals surface area contributed by atoms with Crippen LogP contribution in [-0.4, -0.2) is 47.3 Å². The second-order valence-corrected chi connectivity index (χ2v) is 11.2. The molecular weight excluding hydrogens is 434 g/mol. The molecule has 2 aromatic rings. The van der Waals surface area contributed by atoms with Gasteiger partial charge in [0, 0.05) is 18.6 Å². The average Bonchev–Trinajstić information content (AvgIpc) is 3.52. The molecule has 2 bridgehead atoms. The molecule has 5 heteroatoms. The number of nitrogens with zero attached hydrogens (tertiary/aromatic N) is 1. The number of piperidine rings is 1. The summed E-state index contributed by atoms with van der Waals surface area (Å²) < 4.78 is 0. The van der Waals surface area contributed by atoms with Gasteiger partial charge in [0.05, 0.1) is 6.04 Å². The van der Waals surface area contributed by atoms with E-state index in [-0.39, 0.29) is 12.1 Å². The first kappa shape index (κ1) is 24.3. The number of hydrogen-bond donors (Lipinski definition) is 3. The first-order valence-electron chi connectivity index (χ1n) is 13.7. The molecule has 5 rings (SSSR count). The van der Waals surface area contributed by atoms with Crippen LogP contribution in [-0.2, 0) is 5.60 Å². The van der Waals surface area contributed by atoms with Crippen molar-refractivity contribution in [3.63, 3.8) is 0 Å². The van der Waals surface area contributed by atoms with Crippen molar-refractivity contribution in [3.05, 3.63) is 71.8 Å². The van der Waals surface area contributed by atoms with E-state index in [1.165, 1.54) is 51.6 Å². The second kappa shape index (κ2) is 10.7. The quantitative estimate of drug-likeness (QED) is 0.501. The number of carbonyl (C=O) groups excluding carboxylic acids is 1. The van der Waals surface area contributed by atoms with Gasteiger partial charge in [0.1, 0.15) is 5.60 Å². The highest BCUT2D eigenvalue weighted by atomic mass is 16.3. The number of amides is 2. The first-order chi connectivity index (χ1) is 17.0. The van der Waals surface area contributed by atoms with Gasteiger partial charge < -0.3 is 20.6 Å². The Labute approximate surface area is 210 Å². The third-order valence-electron chi connectivity index (χ3n) is 8.93. The van der Waals surface area contributed by atoms with E-state index in [1.807, 2.05) is 67.6 Å². The highest BCUT2D eigenvalue weighted by molar-refractivity contribution is 5.75. The fraction of sp³-hybridized carbons (Fsp3) is 0.567. The summed E-state index contributed by atoms with van der Waals surface area (Å²) in [6, 6.07) is 19.6. The van der Waals surface area contributed by atoms with Crippen molar-refractivity contribution in [2.75, 3.05) is 13.1 Å². The molecule has 0 radical (unpaired) electrons. The van der Waals surface area contributed by atoms with Gasteiger partial charge in [0.2, 0.25) is 0 Å². The lowest BCUT2D eigenvalue weighted by molar-refractivity contribution is 0.0470. The number of benzene rings is 2. The molecule has 2 amide bonds. The molecule has 2 aromatic carbocycles. The van der Waals surface area contributed by atoms with Crippen molar-refractivity contribution in [1.82, 2.24) is 15.5 Å². The maximum atomic E-state index is 12.9. The molecule has 3 fully saturated rings. The lowest BCUT2D eigenvalue weighted by Crippen LogP contribution is -2.54. The van der Waals surface area contributed by atoms with E-state index in [4.69, 9.17) is 0 Å². The molecule has 3 N–H and O–H groups in total. The highest BCUT2D eigenvalue weighted by Gasteiger charge is 2.39. The molecule has 1 aliphatic heterocycles. The fourth-order valence-corrected chi connectivity index (χ4v) is 6.82. The summed E-state index contributed by atoms with van der Waals surface area (Å²) in [4.78, 5) is 15.7. The van der Waals surface area contributed by atoms with Crippen LogP contribution in [0.25, 0.3) is 0 Å². The monoisotopic (exact) mass is 475 g/mol. The number of carbonyl (C=O) groups is 1. The molecule has 3 aliphatic rings. The molecule has 5 nitrogen and oxygen atoms in total. The van der Waals surface area contributed by atoms with Crippen LogP contribution in [0.4, 0.5) is 4.79 Å². The molecule has 0 aromatic heterocycles. The minimum Gasteiger partial charge on any atom is -0.378 e. The van der Waals surface area contributed by atoms with Gasteiger partial charge in [-0.15, -0.1) is 0 Å². The van der Waals surface area contributed by atoms with Gasteiger partial charge in [0.15, 0.2) is 0 Å². The molecular formula is C30H41N3O2. The lowest BCUT2D eigenvalue weighted by atomic mass is 9.81. The predicted octanol–water partition coefficient (Wildman–Crippen LogP) is 5.04. The molecule has 1 heterocycles. The summed E-state index contributed by atoms with van der Waals surface area (Å²) in [6.07, 6.45) is 10.1. The SMILES string of the molecule is C[C@H](NC(=O)N[C@H]1CC[C@H](CCN2C[C@H]3CC[C@@H]2C3)CC1)C(O)(c1ccccc1)c1ccccc1. The van der Waals surface area contributed by atoms with Crippen LogP contribution < -0.4 is 10.6 Å². The molecule has 2 aliphatic carbocycles. The summed E-state index contributed by atoms with van der Waals surface area (Å²) in [7, 11) is 0. The van der Waals surface area contributed by atoms with Crippen LogP contribution in [0.2, 0.25) is 0 Å². The maximum absolute atomic E-state index is 12.9. The van der Waals surface area contributed by atoms with E-state index in [2.05, 4.69) is 15.5 Å². The Morgan fingerprint density at radius 1 is 0.971 bits per heavy atom. The minimum atomic E-state index is -1.31. The van der Waals surface area contributed by atoms with Crippen LogP contribution in [0.15, 0.2) is 60.7 Å². The summed E-state index contributed by atoms with van der Waals surface area (Å²) in [5, 5.41) is 18.1. The molecule has 2 saturated carbocycles. The average molecular weight is 476 g/mol. The van der Waals surface area contributed by atoms with E-state index in [1.54, 1.807) is 0 Å². The summed E-state index contributed by atoms with van der Waals surface area (Å²) in [6.45, 7) is 4.47. The largest absolute Gasteiger partial charge is 0.378 e. The number of rotatable bonds is 8. The Morgan fingerprint density at radius 2 is 1.60 bits per heavy atom. The second-order valence-electron chi connectivity index (χ2n) is 11.2. The van der Waals surface area contributed by atoms with Crippen LogP contribution in [0.5, 0.6) is 0 Å². The van der Waals surface area contributed by atoms with Crippen molar-refractivity contribution < 1.29 is 9.90 Å². The van der Waals surface area contributed by atoms with E-state index in [0.29, 0.717) is 0 Å². The van der Waals surface area contributed by atoms with E-state index < -0.39 is 11.6 Å². The number of fused-ring (bicyclic) bond motifs is 2. The van der Waals surface area contributed by atoms with Gasteiger partial charge in [0.25, 0.3) is 0 Å². The zero-order valence-corrected chi connectivity index (χ0v) is 21.0. The Kier molecular flexibility index (Phi) is 7.45. The first-order valence-corrected chi connectivity index (χ1v) is 13.7. The maximum Gasteiger partial charge on any atom is 0.315 e. The third-order valence-corrected chi connectivity index (χ3v) is 8.93. The Morgan fingerprint density at radius 3 is 2.14 bits per heavy atom. The van der Waals surface area contributed by atoms with E-state index in [9.17, 15) is 9.90 Å². The predicted molar refractivity (Wildman–Crippen MR) is 140 cm³/mol. The number of aliphatic hydroxyl groups is 1. The summed E-state index contributed by atoms with van der Waals surface area (Å²) in [5.41, 5.74) is 0.225. The van der Waals surface area contributed by atoms with Crippen LogP contribution in [0.1, 0.15) is 69.4 Å². The topological polar surface area (TPSA) is 64.6 Å². The minimum absolute atomic E-state index is 0.195. The number of nitrogens with one attached hydrogen (secondary N) is 2. The van der Waals surface area contributed by atoms with Crippen molar-refractivity contribution in [2.24, 2.45) is 11.8 Å². The molecule has 188 valence electrons. The van der Waals surface area contributed by atoms with Gasteiger partial charge in [-0.05, 0) is 87.8 Å². The number of urea groups is 1.